The molecule has 0 aliphatic heterocycles. The topological polar surface area (TPSA) is 39.1 Å². The van der Waals surface area contributed by atoms with Gasteiger partial charge in [0.05, 0.1) is 29.1 Å². The third kappa shape index (κ3) is 3.46. The zero-order chi connectivity index (χ0) is 13.5. The first-order valence-corrected chi connectivity index (χ1v) is 7.13. The zero-order valence-corrected chi connectivity index (χ0v) is 12.5. The van der Waals surface area contributed by atoms with Crippen LogP contribution in [0.1, 0.15) is 45.9 Å². The van der Waals surface area contributed by atoms with Gasteiger partial charge < -0.3 is 10.1 Å². The van der Waals surface area contributed by atoms with Gasteiger partial charge in [-0.2, -0.15) is 5.10 Å². The maximum Gasteiger partial charge on any atom is 0.0835 e. The Hall–Kier alpha value is -0.580. The van der Waals surface area contributed by atoms with Gasteiger partial charge in [0.2, 0.25) is 0 Å². The molecule has 4 nitrogen and oxygen atoms in total. The molecule has 0 amide bonds. The molecule has 1 rings (SSSR count). The average Bonchev–Trinajstić information content (AvgIpc) is 2.74. The minimum Gasteiger partial charge on any atom is -0.376 e. The van der Waals surface area contributed by atoms with E-state index >= 15 is 0 Å². The molecular formula is C13H24ClN3O. The Morgan fingerprint density at radius 3 is 2.61 bits per heavy atom. The van der Waals surface area contributed by atoms with Gasteiger partial charge in [0.1, 0.15) is 0 Å². The van der Waals surface area contributed by atoms with Crippen LogP contribution >= 0.6 is 11.6 Å². The van der Waals surface area contributed by atoms with Crippen molar-refractivity contribution in [2.24, 2.45) is 0 Å². The summed E-state index contributed by atoms with van der Waals surface area (Å²) in [6.45, 7) is 10.7. The Balaban J connectivity index is 3.05. The van der Waals surface area contributed by atoms with Crippen LogP contribution in [0.15, 0.2) is 6.20 Å². The molecule has 0 aromatic carbocycles. The predicted octanol–water partition coefficient (Wildman–Crippen LogP) is 3.02. The van der Waals surface area contributed by atoms with E-state index in [0.29, 0.717) is 11.6 Å². The van der Waals surface area contributed by atoms with Crippen LogP contribution in [0.5, 0.6) is 0 Å². The van der Waals surface area contributed by atoms with E-state index in [1.807, 2.05) is 11.6 Å². The number of halogens is 1. The highest BCUT2D eigenvalue weighted by Crippen LogP contribution is 2.28. The molecule has 1 aromatic heterocycles. The quantitative estimate of drug-likeness (QED) is 0.791. The third-order valence-electron chi connectivity index (χ3n) is 3.01. The summed E-state index contributed by atoms with van der Waals surface area (Å²) in [4.78, 5) is 0. The van der Waals surface area contributed by atoms with Crippen molar-refractivity contribution < 1.29 is 4.74 Å². The number of nitrogens with zero attached hydrogens (tertiary/aromatic N) is 2. The molecule has 5 heteroatoms. The second-order valence-electron chi connectivity index (χ2n) is 4.13. The lowest BCUT2D eigenvalue weighted by molar-refractivity contribution is 0.0296. The Morgan fingerprint density at radius 1 is 1.39 bits per heavy atom. The molecule has 2 unspecified atom stereocenters. The van der Waals surface area contributed by atoms with Crippen LogP contribution in [-0.2, 0) is 11.3 Å². The lowest BCUT2D eigenvalue weighted by atomic mass is 10.0. The van der Waals surface area contributed by atoms with E-state index in [9.17, 15) is 0 Å². The number of hydrogen-bond donors (Lipinski definition) is 1. The molecule has 104 valence electrons. The van der Waals surface area contributed by atoms with Gasteiger partial charge in [-0.25, -0.2) is 0 Å². The molecule has 0 fully saturated rings. The Labute approximate surface area is 115 Å². The van der Waals surface area contributed by atoms with Gasteiger partial charge in [-0.05, 0) is 26.8 Å². The molecule has 0 spiro atoms. The predicted molar refractivity (Wildman–Crippen MR) is 75.0 cm³/mol. The number of aromatic nitrogens is 2. The zero-order valence-electron chi connectivity index (χ0n) is 11.7. The maximum atomic E-state index is 6.28. The van der Waals surface area contributed by atoms with Crippen LogP contribution in [0, 0.1) is 0 Å². The first-order chi connectivity index (χ1) is 8.69. The number of ether oxygens (including phenoxy) is 1. The van der Waals surface area contributed by atoms with Crippen molar-refractivity contribution in [1.82, 2.24) is 15.1 Å². The fourth-order valence-electron chi connectivity index (χ4n) is 2.22. The van der Waals surface area contributed by atoms with Crippen molar-refractivity contribution in [3.05, 3.63) is 16.9 Å². The SMILES string of the molecule is CCNC(c1c(Cl)cnn1CC)C(CC)OCC. The Morgan fingerprint density at radius 2 is 2.11 bits per heavy atom. The molecule has 0 saturated carbocycles. The van der Waals surface area contributed by atoms with Crippen molar-refractivity contribution >= 4 is 11.6 Å². The van der Waals surface area contributed by atoms with Gasteiger partial charge in [-0.1, -0.05) is 25.4 Å². The molecule has 1 aromatic rings. The van der Waals surface area contributed by atoms with Crippen molar-refractivity contribution in [3.8, 4) is 0 Å². The van der Waals surface area contributed by atoms with E-state index < -0.39 is 0 Å². The second-order valence-corrected chi connectivity index (χ2v) is 4.54. The summed E-state index contributed by atoms with van der Waals surface area (Å²) < 4.78 is 7.76. The highest BCUT2D eigenvalue weighted by Gasteiger charge is 2.27. The smallest absolute Gasteiger partial charge is 0.0835 e. The largest absolute Gasteiger partial charge is 0.376 e. The van der Waals surface area contributed by atoms with Gasteiger partial charge in [0.25, 0.3) is 0 Å². The molecule has 0 bridgehead atoms. The van der Waals surface area contributed by atoms with E-state index in [0.717, 1.165) is 25.2 Å². The van der Waals surface area contributed by atoms with Crippen molar-refractivity contribution in [1.29, 1.82) is 0 Å². The van der Waals surface area contributed by atoms with Gasteiger partial charge in [-0.3, -0.25) is 4.68 Å². The van der Waals surface area contributed by atoms with Crippen LogP contribution in [-0.4, -0.2) is 29.0 Å². The lowest BCUT2D eigenvalue weighted by Crippen LogP contribution is -2.35. The first-order valence-electron chi connectivity index (χ1n) is 6.75. The Bertz CT molecular complexity index is 354. The molecule has 0 aliphatic carbocycles. The second kappa shape index (κ2) is 7.77. The van der Waals surface area contributed by atoms with Gasteiger partial charge >= 0.3 is 0 Å². The molecular weight excluding hydrogens is 250 g/mol. The number of aryl methyl sites for hydroxylation is 1. The minimum atomic E-state index is 0.0925. The maximum absolute atomic E-state index is 6.28. The molecule has 0 saturated heterocycles. The molecule has 2 atom stereocenters. The van der Waals surface area contributed by atoms with Crippen LogP contribution in [0.4, 0.5) is 0 Å². The van der Waals surface area contributed by atoms with Crippen molar-refractivity contribution in [2.75, 3.05) is 13.2 Å². The lowest BCUT2D eigenvalue weighted by Gasteiger charge is -2.27. The van der Waals surface area contributed by atoms with Gasteiger partial charge in [0, 0.05) is 13.2 Å². The van der Waals surface area contributed by atoms with E-state index in [1.54, 1.807) is 6.20 Å². The summed E-state index contributed by atoms with van der Waals surface area (Å²) in [5.41, 5.74) is 1.03. The van der Waals surface area contributed by atoms with Crippen molar-refractivity contribution in [3.63, 3.8) is 0 Å². The number of hydrogen-bond acceptors (Lipinski definition) is 3. The van der Waals surface area contributed by atoms with E-state index in [4.69, 9.17) is 16.3 Å². The summed E-state index contributed by atoms with van der Waals surface area (Å²) in [6.07, 6.45) is 2.77. The van der Waals surface area contributed by atoms with E-state index in [-0.39, 0.29) is 12.1 Å². The van der Waals surface area contributed by atoms with E-state index in [1.165, 1.54) is 0 Å². The molecule has 0 aliphatic rings. The fourth-order valence-corrected chi connectivity index (χ4v) is 2.48. The monoisotopic (exact) mass is 273 g/mol. The van der Waals surface area contributed by atoms with Gasteiger partial charge in [0.15, 0.2) is 0 Å². The number of nitrogens with one attached hydrogen (secondary N) is 1. The molecule has 1 N–H and O–H groups in total. The number of likely N-dealkylation sites (N-methyl/N-ethyl adjacent to an activating group) is 1. The third-order valence-corrected chi connectivity index (χ3v) is 3.30. The summed E-state index contributed by atoms with van der Waals surface area (Å²) in [6, 6.07) is 0.0925. The average molecular weight is 274 g/mol. The first kappa shape index (κ1) is 15.5. The summed E-state index contributed by atoms with van der Waals surface area (Å²) in [7, 11) is 0. The van der Waals surface area contributed by atoms with Crippen molar-refractivity contribution in [2.45, 2.75) is 52.8 Å². The molecule has 1 heterocycles. The summed E-state index contributed by atoms with van der Waals surface area (Å²) >= 11 is 6.28. The van der Waals surface area contributed by atoms with Gasteiger partial charge in [-0.15, -0.1) is 0 Å². The minimum absolute atomic E-state index is 0.0925. The Kier molecular flexibility index (Phi) is 6.68. The highest BCUT2D eigenvalue weighted by atomic mass is 35.5. The van der Waals surface area contributed by atoms with E-state index in [2.05, 4.69) is 31.2 Å². The highest BCUT2D eigenvalue weighted by molar-refractivity contribution is 6.31. The number of rotatable bonds is 8. The summed E-state index contributed by atoms with van der Waals surface area (Å²) in [5.74, 6) is 0. The van der Waals surface area contributed by atoms with Crippen LogP contribution < -0.4 is 5.32 Å². The normalized spacial score (nSPS) is 14.7. The standard InChI is InChI=1S/C13H24ClN3O/c1-5-11(18-8-4)12(15-6-2)13-10(14)9-16-17(13)7-3/h9,11-12,15H,5-8H2,1-4H3. The summed E-state index contributed by atoms with van der Waals surface area (Å²) in [5, 5.41) is 8.48. The fraction of sp³-hybridized carbons (Fsp3) is 0.769. The molecule has 18 heavy (non-hydrogen) atoms. The van der Waals surface area contributed by atoms with Crippen LogP contribution in [0.2, 0.25) is 5.02 Å². The van der Waals surface area contributed by atoms with Crippen LogP contribution in [0.3, 0.4) is 0 Å². The molecule has 0 radical (unpaired) electrons. The van der Waals surface area contributed by atoms with Crippen LogP contribution in [0.25, 0.3) is 0 Å².